The molecule has 110 valence electrons. The van der Waals surface area contributed by atoms with Crippen molar-refractivity contribution in [3.05, 3.63) is 53.6 Å². The summed E-state index contributed by atoms with van der Waals surface area (Å²) in [5.41, 5.74) is 3.51. The maximum absolute atomic E-state index is 5.66. The second-order valence-corrected chi connectivity index (χ2v) is 4.98. The molecule has 1 N–H and O–H groups in total. The number of hydrogen-bond donors (Lipinski definition) is 1. The second-order valence-electron chi connectivity index (χ2n) is 4.98. The molecule has 0 saturated carbocycles. The van der Waals surface area contributed by atoms with Crippen molar-refractivity contribution in [1.82, 2.24) is 0 Å². The van der Waals surface area contributed by atoms with E-state index in [2.05, 4.69) is 23.5 Å². The number of anilines is 1. The molecule has 1 aliphatic rings. The molecule has 0 fully saturated rings. The first kappa shape index (κ1) is 13.8. The Labute approximate surface area is 124 Å². The van der Waals surface area contributed by atoms with Crippen molar-refractivity contribution < 1.29 is 14.2 Å². The van der Waals surface area contributed by atoms with E-state index in [0.29, 0.717) is 19.0 Å². The minimum atomic E-state index is 0.146. The summed E-state index contributed by atoms with van der Waals surface area (Å²) in [6.07, 6.45) is 0. The van der Waals surface area contributed by atoms with Gasteiger partial charge in [0.25, 0.3) is 0 Å². The van der Waals surface area contributed by atoms with Gasteiger partial charge >= 0.3 is 0 Å². The van der Waals surface area contributed by atoms with Crippen LogP contribution in [0.5, 0.6) is 11.5 Å². The zero-order chi connectivity index (χ0) is 14.7. The number of hydrogen-bond acceptors (Lipinski definition) is 4. The first-order chi connectivity index (χ1) is 10.3. The molecule has 21 heavy (non-hydrogen) atoms. The van der Waals surface area contributed by atoms with Crippen LogP contribution < -0.4 is 14.8 Å². The lowest BCUT2D eigenvalue weighted by Crippen LogP contribution is -2.23. The zero-order valence-corrected chi connectivity index (χ0v) is 12.3. The number of ether oxygens (including phenoxy) is 3. The third-order valence-corrected chi connectivity index (χ3v) is 3.70. The largest absolute Gasteiger partial charge is 0.493 e. The van der Waals surface area contributed by atoms with E-state index < -0.39 is 0 Å². The molecule has 0 bridgehead atoms. The predicted octanol–water partition coefficient (Wildman–Crippen LogP) is 3.39. The van der Waals surface area contributed by atoms with E-state index in [4.69, 9.17) is 14.2 Å². The smallest absolute Gasteiger partial charge is 0.162 e. The van der Waals surface area contributed by atoms with Crippen LogP contribution in [-0.4, -0.2) is 20.8 Å². The van der Waals surface area contributed by atoms with E-state index >= 15 is 0 Å². The molecule has 3 rings (SSSR count). The number of nitrogens with one attached hydrogen (secondary N) is 1. The van der Waals surface area contributed by atoms with E-state index in [1.54, 1.807) is 14.2 Å². The highest BCUT2D eigenvalue weighted by molar-refractivity contribution is 5.56. The van der Waals surface area contributed by atoms with Crippen LogP contribution in [0.1, 0.15) is 17.2 Å². The Bertz CT molecular complexity index is 627. The average Bonchev–Trinajstić information content (AvgIpc) is 2.55. The number of methoxy groups -OCH3 is 2. The molecular weight excluding hydrogens is 266 g/mol. The maximum Gasteiger partial charge on any atom is 0.162 e. The summed E-state index contributed by atoms with van der Waals surface area (Å²) >= 11 is 0. The Morgan fingerprint density at radius 1 is 1.05 bits per heavy atom. The SMILES string of the molecule is COc1ccc(NC2COCc3ccccc32)cc1OC. The molecule has 1 aliphatic heterocycles. The number of benzene rings is 2. The summed E-state index contributed by atoms with van der Waals surface area (Å²) in [7, 11) is 3.27. The minimum absolute atomic E-state index is 0.146. The van der Waals surface area contributed by atoms with Crippen molar-refractivity contribution in [2.24, 2.45) is 0 Å². The summed E-state index contributed by atoms with van der Waals surface area (Å²) in [6, 6.07) is 14.3. The second kappa shape index (κ2) is 6.06. The van der Waals surface area contributed by atoms with Crippen molar-refractivity contribution in [2.75, 3.05) is 26.1 Å². The molecule has 2 aromatic carbocycles. The monoisotopic (exact) mass is 285 g/mol. The van der Waals surface area contributed by atoms with Crippen LogP contribution in [0, 0.1) is 0 Å². The standard InChI is InChI=1S/C17H19NO3/c1-19-16-8-7-13(9-17(16)20-2)18-15-11-21-10-12-5-3-4-6-14(12)15/h3-9,15,18H,10-11H2,1-2H3. The highest BCUT2D eigenvalue weighted by Crippen LogP contribution is 2.33. The van der Waals surface area contributed by atoms with Crippen molar-refractivity contribution in [3.63, 3.8) is 0 Å². The lowest BCUT2D eigenvalue weighted by atomic mass is 9.99. The first-order valence-corrected chi connectivity index (χ1v) is 6.96. The van der Waals surface area contributed by atoms with Gasteiger partial charge < -0.3 is 19.5 Å². The molecule has 1 atom stereocenters. The van der Waals surface area contributed by atoms with Crippen molar-refractivity contribution in [2.45, 2.75) is 12.6 Å². The molecule has 1 heterocycles. The molecular formula is C17H19NO3. The van der Waals surface area contributed by atoms with E-state index in [-0.39, 0.29) is 6.04 Å². The van der Waals surface area contributed by atoms with Crippen molar-refractivity contribution >= 4 is 5.69 Å². The normalized spacial score (nSPS) is 17.0. The molecule has 4 nitrogen and oxygen atoms in total. The molecule has 0 spiro atoms. The number of fused-ring (bicyclic) bond motifs is 1. The molecule has 0 aliphatic carbocycles. The Hall–Kier alpha value is -2.20. The molecule has 2 aromatic rings. The summed E-state index contributed by atoms with van der Waals surface area (Å²) in [6.45, 7) is 1.34. The van der Waals surface area contributed by atoms with Gasteiger partial charge in [-0.3, -0.25) is 0 Å². The summed E-state index contributed by atoms with van der Waals surface area (Å²) < 4.78 is 16.3. The molecule has 1 unspecified atom stereocenters. The summed E-state index contributed by atoms with van der Waals surface area (Å²) in [4.78, 5) is 0. The van der Waals surface area contributed by atoms with Crippen LogP contribution in [0.2, 0.25) is 0 Å². The van der Waals surface area contributed by atoms with Crippen LogP contribution in [0.4, 0.5) is 5.69 Å². The predicted molar refractivity (Wildman–Crippen MR) is 82.0 cm³/mol. The van der Waals surface area contributed by atoms with Gasteiger partial charge in [-0.05, 0) is 23.3 Å². The van der Waals surface area contributed by atoms with Crippen LogP contribution in [0.3, 0.4) is 0 Å². The Morgan fingerprint density at radius 3 is 2.67 bits per heavy atom. The van der Waals surface area contributed by atoms with E-state index in [1.165, 1.54) is 11.1 Å². The van der Waals surface area contributed by atoms with Gasteiger partial charge in [0.2, 0.25) is 0 Å². The van der Waals surface area contributed by atoms with Gasteiger partial charge in [-0.15, -0.1) is 0 Å². The van der Waals surface area contributed by atoms with Gasteiger partial charge in [-0.2, -0.15) is 0 Å². The molecule has 4 heteroatoms. The summed E-state index contributed by atoms with van der Waals surface area (Å²) in [5.74, 6) is 1.44. The molecule has 0 radical (unpaired) electrons. The van der Waals surface area contributed by atoms with Crippen molar-refractivity contribution in [1.29, 1.82) is 0 Å². The Morgan fingerprint density at radius 2 is 1.86 bits per heavy atom. The fourth-order valence-electron chi connectivity index (χ4n) is 2.63. The van der Waals surface area contributed by atoms with Crippen LogP contribution in [0.25, 0.3) is 0 Å². The minimum Gasteiger partial charge on any atom is -0.493 e. The van der Waals surface area contributed by atoms with Gasteiger partial charge in [0.05, 0.1) is 33.5 Å². The van der Waals surface area contributed by atoms with Crippen LogP contribution in [0.15, 0.2) is 42.5 Å². The van der Waals surface area contributed by atoms with Crippen molar-refractivity contribution in [3.8, 4) is 11.5 Å². The Balaban J connectivity index is 1.85. The third-order valence-electron chi connectivity index (χ3n) is 3.70. The van der Waals surface area contributed by atoms with Crippen LogP contribution in [-0.2, 0) is 11.3 Å². The van der Waals surface area contributed by atoms with E-state index in [1.807, 2.05) is 24.3 Å². The number of rotatable bonds is 4. The lowest BCUT2D eigenvalue weighted by molar-refractivity contribution is 0.0970. The zero-order valence-electron chi connectivity index (χ0n) is 12.3. The van der Waals surface area contributed by atoms with E-state index in [9.17, 15) is 0 Å². The lowest BCUT2D eigenvalue weighted by Gasteiger charge is -2.27. The van der Waals surface area contributed by atoms with Gasteiger partial charge in [0.1, 0.15) is 0 Å². The van der Waals surface area contributed by atoms with E-state index in [0.717, 1.165) is 11.4 Å². The molecule has 0 aromatic heterocycles. The third kappa shape index (κ3) is 2.81. The molecule has 0 saturated heterocycles. The van der Waals surface area contributed by atoms with Gasteiger partial charge in [0.15, 0.2) is 11.5 Å². The average molecular weight is 285 g/mol. The highest BCUT2D eigenvalue weighted by atomic mass is 16.5. The van der Waals surface area contributed by atoms with Gasteiger partial charge in [-0.25, -0.2) is 0 Å². The maximum atomic E-state index is 5.66. The summed E-state index contributed by atoms with van der Waals surface area (Å²) in [5, 5.41) is 3.50. The Kier molecular flexibility index (Phi) is 3.97. The van der Waals surface area contributed by atoms with Gasteiger partial charge in [0, 0.05) is 11.8 Å². The van der Waals surface area contributed by atoms with Gasteiger partial charge in [-0.1, -0.05) is 24.3 Å². The highest BCUT2D eigenvalue weighted by Gasteiger charge is 2.20. The topological polar surface area (TPSA) is 39.7 Å². The van der Waals surface area contributed by atoms with Crippen LogP contribution >= 0.6 is 0 Å². The molecule has 0 amide bonds. The quantitative estimate of drug-likeness (QED) is 0.934. The fraction of sp³-hybridized carbons (Fsp3) is 0.294. The first-order valence-electron chi connectivity index (χ1n) is 6.96. The fourth-order valence-corrected chi connectivity index (χ4v) is 2.63.